The van der Waals surface area contributed by atoms with Gasteiger partial charge in [-0.1, -0.05) is 43.0 Å². The molecule has 4 aromatic rings. The molecule has 2 aromatic heterocycles. The minimum atomic E-state index is -0.456. The van der Waals surface area contributed by atoms with Crippen molar-refractivity contribution in [1.82, 2.24) is 14.5 Å². The molecule has 1 unspecified atom stereocenters. The third kappa shape index (κ3) is 4.96. The second kappa shape index (κ2) is 10.4. The van der Waals surface area contributed by atoms with E-state index in [1.165, 1.54) is 0 Å². The second-order valence-electron chi connectivity index (χ2n) is 7.38. The van der Waals surface area contributed by atoms with Crippen molar-refractivity contribution in [2.75, 3.05) is 19.5 Å². The number of carbonyl (C=O) groups excluding carboxylic acids is 1. The number of hydrogen-bond acceptors (Lipinski definition) is 6. The predicted molar refractivity (Wildman–Crippen MR) is 131 cm³/mol. The Labute approximate surface area is 197 Å². The summed E-state index contributed by atoms with van der Waals surface area (Å²) in [5.74, 6) is 2.02. The fourth-order valence-electron chi connectivity index (χ4n) is 3.64. The molecule has 0 saturated heterocycles. The molecular weight excluding hydrogens is 436 g/mol. The summed E-state index contributed by atoms with van der Waals surface area (Å²) in [5, 5.41) is 3.80. The number of ether oxygens (including phenoxy) is 2. The van der Waals surface area contributed by atoms with Crippen LogP contribution in [0.4, 0.5) is 5.69 Å². The zero-order valence-electron chi connectivity index (χ0n) is 18.8. The second-order valence-corrected chi connectivity index (χ2v) is 8.32. The van der Waals surface area contributed by atoms with Crippen molar-refractivity contribution in [2.24, 2.45) is 0 Å². The number of hydrogen-bond donors (Lipinski definition) is 1. The van der Waals surface area contributed by atoms with Crippen molar-refractivity contribution in [3.8, 4) is 11.5 Å². The molecule has 0 spiro atoms. The Morgan fingerprint density at radius 3 is 2.61 bits per heavy atom. The number of rotatable bonds is 9. The Bertz CT molecular complexity index is 1240. The molecule has 0 aliphatic carbocycles. The van der Waals surface area contributed by atoms with E-state index in [1.807, 2.05) is 66.1 Å². The number of aromatic nitrogens is 3. The van der Waals surface area contributed by atoms with E-state index in [-0.39, 0.29) is 5.91 Å². The summed E-state index contributed by atoms with van der Waals surface area (Å²) in [6.45, 7) is 1.99. The van der Waals surface area contributed by atoms with Gasteiger partial charge in [-0.3, -0.25) is 9.78 Å². The number of methoxy groups -OCH3 is 2. The van der Waals surface area contributed by atoms with Crippen molar-refractivity contribution >= 4 is 34.4 Å². The molecule has 0 aliphatic heterocycles. The average molecular weight is 463 g/mol. The summed E-state index contributed by atoms with van der Waals surface area (Å²) < 4.78 is 12.6. The molecule has 0 radical (unpaired) electrons. The van der Waals surface area contributed by atoms with Crippen molar-refractivity contribution in [2.45, 2.75) is 30.3 Å². The number of fused-ring (bicyclic) bond motifs is 1. The number of nitrogens with zero attached hydrogens (tertiary/aromatic N) is 3. The first kappa shape index (κ1) is 22.7. The molecule has 1 atom stereocenters. The van der Waals surface area contributed by atoms with Crippen molar-refractivity contribution < 1.29 is 14.3 Å². The highest BCUT2D eigenvalue weighted by molar-refractivity contribution is 7.98. The molecule has 1 N–H and O–H groups in total. The van der Waals surface area contributed by atoms with Gasteiger partial charge >= 0.3 is 0 Å². The zero-order chi connectivity index (χ0) is 23.2. The largest absolute Gasteiger partial charge is 0.497 e. The van der Waals surface area contributed by atoms with Crippen LogP contribution in [-0.2, 0) is 10.5 Å². The Morgan fingerprint density at radius 1 is 1.09 bits per heavy atom. The van der Waals surface area contributed by atoms with Gasteiger partial charge in [-0.2, -0.15) is 0 Å². The number of thioether (sulfide) groups is 1. The van der Waals surface area contributed by atoms with Crippen molar-refractivity contribution in [3.63, 3.8) is 0 Å². The van der Waals surface area contributed by atoms with Crippen LogP contribution in [0.2, 0.25) is 0 Å². The van der Waals surface area contributed by atoms with Gasteiger partial charge in [0, 0.05) is 11.9 Å². The topological polar surface area (TPSA) is 78.3 Å². The van der Waals surface area contributed by atoms with Crippen LogP contribution in [0.5, 0.6) is 11.5 Å². The third-order valence-corrected chi connectivity index (χ3v) is 6.38. The number of pyridine rings is 1. The van der Waals surface area contributed by atoms with Crippen LogP contribution in [0.15, 0.2) is 72.1 Å². The first-order chi connectivity index (χ1) is 16.1. The van der Waals surface area contributed by atoms with E-state index >= 15 is 0 Å². The van der Waals surface area contributed by atoms with Gasteiger partial charge in [-0.25, -0.2) is 4.98 Å². The maximum atomic E-state index is 13.4. The number of para-hydroxylation sites is 2. The van der Waals surface area contributed by atoms with Gasteiger partial charge in [0.25, 0.3) is 0 Å². The number of anilines is 1. The van der Waals surface area contributed by atoms with Crippen LogP contribution < -0.4 is 14.8 Å². The molecule has 1 amide bonds. The highest BCUT2D eigenvalue weighted by Crippen LogP contribution is 2.32. The lowest BCUT2D eigenvalue weighted by Crippen LogP contribution is -2.26. The van der Waals surface area contributed by atoms with E-state index in [0.29, 0.717) is 23.6 Å². The Kier molecular flexibility index (Phi) is 7.14. The summed E-state index contributed by atoms with van der Waals surface area (Å²) in [6.07, 6.45) is 4.07. The number of carbonyl (C=O) groups is 1. The maximum absolute atomic E-state index is 13.4. The molecule has 170 valence electrons. The summed E-state index contributed by atoms with van der Waals surface area (Å²) in [5.41, 5.74) is 3.42. The minimum Gasteiger partial charge on any atom is -0.497 e. The molecule has 8 heteroatoms. The molecule has 0 bridgehead atoms. The van der Waals surface area contributed by atoms with Gasteiger partial charge in [-0.15, -0.1) is 0 Å². The highest BCUT2D eigenvalue weighted by atomic mass is 32.2. The van der Waals surface area contributed by atoms with E-state index in [2.05, 4.69) is 10.3 Å². The van der Waals surface area contributed by atoms with E-state index in [4.69, 9.17) is 14.5 Å². The van der Waals surface area contributed by atoms with E-state index in [9.17, 15) is 4.79 Å². The number of imidazole rings is 1. The van der Waals surface area contributed by atoms with Gasteiger partial charge < -0.3 is 19.4 Å². The number of amides is 1. The smallest absolute Gasteiger partial charge is 0.247 e. The third-order valence-electron chi connectivity index (χ3n) is 5.35. The fourth-order valence-corrected chi connectivity index (χ4v) is 4.66. The normalized spacial score (nSPS) is 11.8. The van der Waals surface area contributed by atoms with E-state index in [1.54, 1.807) is 38.4 Å². The molecule has 2 heterocycles. The number of nitrogens with one attached hydrogen (secondary N) is 1. The van der Waals surface area contributed by atoms with Crippen LogP contribution in [-0.4, -0.2) is 34.7 Å². The first-order valence-electron chi connectivity index (χ1n) is 10.7. The summed E-state index contributed by atoms with van der Waals surface area (Å²) in [7, 11) is 3.24. The lowest BCUT2D eigenvalue weighted by molar-refractivity contribution is -0.119. The summed E-state index contributed by atoms with van der Waals surface area (Å²) in [6, 6.07) is 16.8. The van der Waals surface area contributed by atoms with E-state index < -0.39 is 6.04 Å². The highest BCUT2D eigenvalue weighted by Gasteiger charge is 2.25. The van der Waals surface area contributed by atoms with Crippen LogP contribution in [0.25, 0.3) is 11.0 Å². The summed E-state index contributed by atoms with van der Waals surface area (Å²) in [4.78, 5) is 22.5. The van der Waals surface area contributed by atoms with E-state index in [0.717, 1.165) is 27.5 Å². The van der Waals surface area contributed by atoms with Gasteiger partial charge in [0.15, 0.2) is 5.16 Å². The Balaban J connectivity index is 1.64. The fraction of sp³-hybridized carbons (Fsp3) is 0.240. The minimum absolute atomic E-state index is 0.128. The average Bonchev–Trinajstić information content (AvgIpc) is 3.22. The van der Waals surface area contributed by atoms with Crippen molar-refractivity contribution in [1.29, 1.82) is 0 Å². The summed E-state index contributed by atoms with van der Waals surface area (Å²) >= 11 is 1.59. The van der Waals surface area contributed by atoms with Gasteiger partial charge in [0.2, 0.25) is 5.91 Å². The Hall–Kier alpha value is -3.52. The van der Waals surface area contributed by atoms with Crippen molar-refractivity contribution in [3.05, 3.63) is 72.6 Å². The molecular formula is C25H26N4O3S. The quantitative estimate of drug-likeness (QED) is 0.339. The van der Waals surface area contributed by atoms with Crippen LogP contribution in [0.3, 0.4) is 0 Å². The maximum Gasteiger partial charge on any atom is 0.247 e. The molecule has 33 heavy (non-hydrogen) atoms. The van der Waals surface area contributed by atoms with Crippen LogP contribution in [0.1, 0.15) is 24.9 Å². The lowest BCUT2D eigenvalue weighted by atomic mass is 10.2. The van der Waals surface area contributed by atoms with Crippen LogP contribution >= 0.6 is 11.8 Å². The zero-order valence-corrected chi connectivity index (χ0v) is 19.6. The first-order valence-corrected chi connectivity index (χ1v) is 11.6. The molecule has 0 aliphatic rings. The molecule has 4 rings (SSSR count). The Morgan fingerprint density at radius 2 is 1.88 bits per heavy atom. The molecule has 2 aromatic carbocycles. The molecule has 0 saturated carbocycles. The van der Waals surface area contributed by atoms with Gasteiger partial charge in [0.1, 0.15) is 17.5 Å². The standard InChI is InChI=1S/C25H26N4O3S/c1-4-21(24(30)27-20-7-5-6-8-23(20)32-3)29-22-15-26-14-13-19(22)28-25(29)33-16-17-9-11-18(31-2)12-10-17/h5-15,21H,4,16H2,1-3H3,(H,27,30). The SMILES string of the molecule is CCC(C(=O)Nc1ccccc1OC)n1c(SCc2ccc(OC)cc2)nc2ccncc21. The molecule has 7 nitrogen and oxygen atoms in total. The monoisotopic (exact) mass is 462 g/mol. The van der Waals surface area contributed by atoms with Crippen LogP contribution in [0, 0.1) is 0 Å². The number of benzene rings is 2. The van der Waals surface area contributed by atoms with Gasteiger partial charge in [0.05, 0.1) is 37.1 Å². The van der Waals surface area contributed by atoms with Gasteiger partial charge in [-0.05, 0) is 42.3 Å². The predicted octanol–water partition coefficient (Wildman–Crippen LogP) is 5.33. The lowest BCUT2D eigenvalue weighted by Gasteiger charge is -2.20. The molecule has 0 fully saturated rings.